The first-order chi connectivity index (χ1) is 16.8. The molecule has 3 heterocycles. The van der Waals surface area contributed by atoms with Crippen molar-refractivity contribution in [2.45, 2.75) is 33.6 Å². The lowest BCUT2D eigenvalue weighted by Gasteiger charge is -2.15. The lowest BCUT2D eigenvalue weighted by molar-refractivity contribution is -0.577. The summed E-state index contributed by atoms with van der Waals surface area (Å²) in [6.45, 7) is 6.05. The fourth-order valence-corrected chi connectivity index (χ4v) is 4.44. The zero-order valence-corrected chi connectivity index (χ0v) is 20.9. The molecule has 1 aliphatic heterocycles. The van der Waals surface area contributed by atoms with Crippen molar-refractivity contribution in [2.75, 3.05) is 20.3 Å². The Balaban J connectivity index is 1.99. The van der Waals surface area contributed by atoms with Gasteiger partial charge in [-0.25, -0.2) is 4.68 Å². The normalized spacial score (nSPS) is 13.9. The highest BCUT2D eigenvalue weighted by Crippen LogP contribution is 2.37. The zero-order chi connectivity index (χ0) is 25.3. The molecule has 0 unspecified atom stereocenters. The van der Waals surface area contributed by atoms with Crippen molar-refractivity contribution in [3.8, 4) is 11.6 Å². The number of pyridine rings is 1. The Hall–Kier alpha value is -3.49. The second-order valence-electron chi connectivity index (χ2n) is 8.54. The molecular formula is C26H27ClN4O4. The zero-order valence-electron chi connectivity index (χ0n) is 20.2. The van der Waals surface area contributed by atoms with Crippen molar-refractivity contribution >= 4 is 34.7 Å². The SMILES string of the molecule is CCCc1nn(-c2ccc(Cl)cc2)c([O-])c1C1=C([n+]2cc(C)cc(C)c2)C(=O)N(CCOC)C1=O. The first-order valence-corrected chi connectivity index (χ1v) is 11.8. The molecule has 0 bridgehead atoms. The van der Waals surface area contributed by atoms with E-state index in [2.05, 4.69) is 5.10 Å². The molecule has 182 valence electrons. The number of carbonyl (C=O) groups excluding carboxylic acids is 2. The minimum Gasteiger partial charge on any atom is -0.858 e. The highest BCUT2D eigenvalue weighted by molar-refractivity contribution is 6.45. The maximum Gasteiger partial charge on any atom is 0.326 e. The number of carbonyl (C=O) groups is 2. The predicted octanol–water partition coefficient (Wildman–Crippen LogP) is 2.84. The maximum atomic E-state index is 13.7. The Bertz CT molecular complexity index is 1310. The van der Waals surface area contributed by atoms with Crippen LogP contribution >= 0.6 is 11.6 Å². The van der Waals surface area contributed by atoms with E-state index in [1.807, 2.05) is 26.8 Å². The molecule has 0 atom stereocenters. The summed E-state index contributed by atoms with van der Waals surface area (Å²) >= 11 is 6.02. The Morgan fingerprint density at radius 1 is 1.09 bits per heavy atom. The molecule has 0 fully saturated rings. The molecule has 0 saturated heterocycles. The Kier molecular flexibility index (Phi) is 7.05. The first kappa shape index (κ1) is 24.6. The van der Waals surface area contributed by atoms with Gasteiger partial charge in [-0.1, -0.05) is 24.9 Å². The minimum atomic E-state index is -0.529. The van der Waals surface area contributed by atoms with Gasteiger partial charge >= 0.3 is 5.91 Å². The van der Waals surface area contributed by atoms with Gasteiger partial charge in [0.05, 0.1) is 24.5 Å². The number of hydrogen-bond donors (Lipinski definition) is 0. The Labute approximate surface area is 209 Å². The summed E-state index contributed by atoms with van der Waals surface area (Å²) in [5.74, 6) is -1.46. The molecule has 0 aliphatic carbocycles. The smallest absolute Gasteiger partial charge is 0.326 e. The first-order valence-electron chi connectivity index (χ1n) is 11.4. The van der Waals surface area contributed by atoms with Gasteiger partial charge in [0, 0.05) is 28.8 Å². The number of halogens is 1. The standard InChI is InChI=1S/C26H27ClN4O4/c1-5-6-20-21(25(33)31(28-20)19-9-7-18(27)8-10-19)22-23(29-14-16(2)13-17(3)15-29)26(34)30(24(22)32)11-12-35-4/h7-10,13-15H,5-6,11-12H2,1-4H3. The number of aromatic nitrogens is 3. The highest BCUT2D eigenvalue weighted by Gasteiger charge is 2.46. The fourth-order valence-electron chi connectivity index (χ4n) is 4.32. The number of benzene rings is 1. The Morgan fingerprint density at radius 3 is 2.34 bits per heavy atom. The Morgan fingerprint density at radius 2 is 1.74 bits per heavy atom. The van der Waals surface area contributed by atoms with Gasteiger partial charge < -0.3 is 9.84 Å². The van der Waals surface area contributed by atoms with Crippen LogP contribution in [-0.4, -0.2) is 46.8 Å². The van der Waals surface area contributed by atoms with Crippen LogP contribution in [0, 0.1) is 13.8 Å². The third kappa shape index (κ3) is 4.59. The summed E-state index contributed by atoms with van der Waals surface area (Å²) in [6, 6.07) is 8.70. The second-order valence-corrected chi connectivity index (χ2v) is 8.98. The lowest BCUT2D eigenvalue weighted by atomic mass is 10.0. The van der Waals surface area contributed by atoms with Crippen molar-refractivity contribution in [2.24, 2.45) is 0 Å². The topological polar surface area (TPSA) is 91.4 Å². The quantitative estimate of drug-likeness (QED) is 0.355. The van der Waals surface area contributed by atoms with E-state index in [-0.39, 0.29) is 30.0 Å². The van der Waals surface area contributed by atoms with Crippen LogP contribution < -0.4 is 9.67 Å². The van der Waals surface area contributed by atoms with Gasteiger partial charge in [-0.2, -0.15) is 9.67 Å². The van der Waals surface area contributed by atoms with Crippen LogP contribution in [0.4, 0.5) is 0 Å². The maximum absolute atomic E-state index is 13.7. The number of rotatable bonds is 8. The molecule has 0 saturated carbocycles. The molecule has 2 aromatic heterocycles. The molecular weight excluding hydrogens is 468 g/mol. The largest absolute Gasteiger partial charge is 0.858 e. The summed E-state index contributed by atoms with van der Waals surface area (Å²) in [6.07, 6.45) is 4.74. The third-order valence-corrected chi connectivity index (χ3v) is 6.04. The third-order valence-electron chi connectivity index (χ3n) is 5.79. The van der Waals surface area contributed by atoms with Gasteiger partial charge in [0.2, 0.25) is 0 Å². The van der Waals surface area contributed by atoms with Gasteiger partial charge in [0.1, 0.15) is 5.57 Å². The average molecular weight is 495 g/mol. The molecule has 0 spiro atoms. The lowest BCUT2D eigenvalue weighted by Crippen LogP contribution is -2.41. The summed E-state index contributed by atoms with van der Waals surface area (Å²) in [7, 11) is 1.50. The van der Waals surface area contributed by atoms with Crippen molar-refractivity contribution < 1.29 is 24.0 Å². The molecule has 1 aliphatic rings. The number of nitrogens with zero attached hydrogens (tertiary/aromatic N) is 4. The summed E-state index contributed by atoms with van der Waals surface area (Å²) in [5, 5.41) is 18.8. The predicted molar refractivity (Wildman–Crippen MR) is 130 cm³/mol. The fraction of sp³-hybridized carbons (Fsp3) is 0.308. The van der Waals surface area contributed by atoms with E-state index in [9.17, 15) is 14.7 Å². The number of ether oxygens (including phenoxy) is 1. The van der Waals surface area contributed by atoms with E-state index < -0.39 is 17.7 Å². The van der Waals surface area contributed by atoms with Crippen molar-refractivity contribution in [1.82, 2.24) is 14.7 Å². The van der Waals surface area contributed by atoms with Crippen molar-refractivity contribution in [3.05, 3.63) is 70.1 Å². The number of hydrogen-bond acceptors (Lipinski definition) is 5. The molecule has 9 heteroatoms. The van der Waals surface area contributed by atoms with Crippen LogP contribution in [0.5, 0.6) is 5.88 Å². The summed E-state index contributed by atoms with van der Waals surface area (Å²) in [4.78, 5) is 28.3. The second kappa shape index (κ2) is 10.0. The number of amides is 2. The summed E-state index contributed by atoms with van der Waals surface area (Å²) < 4.78 is 8.03. The van der Waals surface area contributed by atoms with E-state index >= 15 is 0 Å². The number of aryl methyl sites for hydroxylation is 3. The monoisotopic (exact) mass is 494 g/mol. The van der Waals surface area contributed by atoms with Gasteiger partial charge in [-0.3, -0.25) is 14.5 Å². The molecule has 0 radical (unpaired) electrons. The van der Waals surface area contributed by atoms with Crippen LogP contribution in [0.1, 0.15) is 35.7 Å². The van der Waals surface area contributed by atoms with E-state index in [0.29, 0.717) is 29.2 Å². The molecule has 3 aromatic rings. The van der Waals surface area contributed by atoms with E-state index in [1.165, 1.54) is 11.8 Å². The molecule has 0 N–H and O–H groups in total. The van der Waals surface area contributed by atoms with E-state index in [0.717, 1.165) is 16.0 Å². The van der Waals surface area contributed by atoms with Crippen LogP contribution in [0.3, 0.4) is 0 Å². The van der Waals surface area contributed by atoms with Gasteiger partial charge in [0.25, 0.3) is 11.6 Å². The number of methoxy groups -OCH3 is 1. The van der Waals surface area contributed by atoms with Crippen LogP contribution in [0.2, 0.25) is 5.02 Å². The van der Waals surface area contributed by atoms with Crippen LogP contribution in [0.15, 0.2) is 42.7 Å². The summed E-state index contributed by atoms with van der Waals surface area (Å²) in [5.41, 5.74) is 3.19. The highest BCUT2D eigenvalue weighted by atomic mass is 35.5. The molecule has 2 amide bonds. The average Bonchev–Trinajstić information content (AvgIpc) is 3.25. The van der Waals surface area contributed by atoms with Crippen LogP contribution in [-0.2, 0) is 20.7 Å². The van der Waals surface area contributed by atoms with Gasteiger partial charge in [0.15, 0.2) is 12.4 Å². The molecule has 1 aromatic carbocycles. The van der Waals surface area contributed by atoms with Gasteiger partial charge in [-0.15, -0.1) is 0 Å². The molecule has 8 nitrogen and oxygen atoms in total. The minimum absolute atomic E-state index is 0.0646. The van der Waals surface area contributed by atoms with Crippen LogP contribution in [0.25, 0.3) is 17.0 Å². The molecule has 35 heavy (non-hydrogen) atoms. The number of imide groups is 1. The van der Waals surface area contributed by atoms with Crippen molar-refractivity contribution in [3.63, 3.8) is 0 Å². The van der Waals surface area contributed by atoms with Gasteiger partial charge in [-0.05, 0) is 56.5 Å². The van der Waals surface area contributed by atoms with E-state index in [4.69, 9.17) is 16.3 Å². The van der Waals surface area contributed by atoms with E-state index in [1.54, 1.807) is 41.2 Å². The molecule has 4 rings (SSSR count). The van der Waals surface area contributed by atoms with Crippen molar-refractivity contribution in [1.29, 1.82) is 0 Å².